The maximum absolute atomic E-state index is 5.98. The third-order valence-electron chi connectivity index (χ3n) is 3.04. The summed E-state index contributed by atoms with van der Waals surface area (Å²) in [7, 11) is 0. The number of nitrogens with zero attached hydrogens (tertiary/aromatic N) is 3. The van der Waals surface area contributed by atoms with Crippen molar-refractivity contribution in [3.8, 4) is 28.4 Å². The fraction of sp³-hybridized carbons (Fsp3) is 0.133. The number of rotatable bonds is 4. The lowest BCUT2D eigenvalue weighted by atomic mass is 10.0. The van der Waals surface area contributed by atoms with E-state index in [2.05, 4.69) is 20.2 Å². The van der Waals surface area contributed by atoms with Crippen molar-refractivity contribution in [2.24, 2.45) is 0 Å². The summed E-state index contributed by atoms with van der Waals surface area (Å²) >= 11 is 0. The van der Waals surface area contributed by atoms with Crippen LogP contribution in [0.25, 0.3) is 22.6 Å². The number of anilines is 1. The van der Waals surface area contributed by atoms with Crippen LogP contribution >= 0.6 is 0 Å². The van der Waals surface area contributed by atoms with Gasteiger partial charge in [-0.2, -0.15) is 5.10 Å². The molecule has 106 valence electrons. The molecule has 0 fully saturated rings. The van der Waals surface area contributed by atoms with Crippen molar-refractivity contribution in [1.29, 1.82) is 0 Å². The lowest BCUT2D eigenvalue weighted by Crippen LogP contribution is -1.93. The van der Waals surface area contributed by atoms with Gasteiger partial charge < -0.3 is 10.5 Å². The van der Waals surface area contributed by atoms with Crippen LogP contribution in [0.2, 0.25) is 0 Å². The van der Waals surface area contributed by atoms with Crippen molar-refractivity contribution in [2.75, 3.05) is 12.3 Å². The number of hydrogen-bond acceptors (Lipinski definition) is 5. The maximum atomic E-state index is 5.98. The van der Waals surface area contributed by atoms with E-state index in [1.165, 1.54) is 0 Å². The van der Waals surface area contributed by atoms with Gasteiger partial charge in [-0.3, -0.25) is 5.10 Å². The highest BCUT2D eigenvalue weighted by atomic mass is 16.5. The lowest BCUT2D eigenvalue weighted by molar-refractivity contribution is 0.340. The molecule has 0 saturated carbocycles. The van der Waals surface area contributed by atoms with E-state index < -0.39 is 0 Å². The summed E-state index contributed by atoms with van der Waals surface area (Å²) in [5.74, 6) is 1.80. The Labute approximate surface area is 122 Å². The van der Waals surface area contributed by atoms with Gasteiger partial charge >= 0.3 is 0 Å². The van der Waals surface area contributed by atoms with Gasteiger partial charge in [0.1, 0.15) is 11.4 Å². The van der Waals surface area contributed by atoms with Crippen LogP contribution in [-0.2, 0) is 0 Å². The molecular weight excluding hydrogens is 266 g/mol. The van der Waals surface area contributed by atoms with E-state index in [4.69, 9.17) is 10.5 Å². The first-order valence-corrected chi connectivity index (χ1v) is 6.64. The summed E-state index contributed by atoms with van der Waals surface area (Å²) in [6.07, 6.45) is 3.36. The van der Waals surface area contributed by atoms with Crippen molar-refractivity contribution in [1.82, 2.24) is 20.2 Å². The minimum absolute atomic E-state index is 0.418. The minimum Gasteiger partial charge on any atom is -0.494 e. The highest BCUT2D eigenvalue weighted by Crippen LogP contribution is 2.33. The van der Waals surface area contributed by atoms with Crippen LogP contribution in [0, 0.1) is 0 Å². The molecule has 6 nitrogen and oxygen atoms in total. The molecule has 3 aromatic rings. The average Bonchev–Trinajstić information content (AvgIpc) is 2.91. The summed E-state index contributed by atoms with van der Waals surface area (Å²) < 4.78 is 5.44. The normalized spacial score (nSPS) is 10.5. The van der Waals surface area contributed by atoms with Gasteiger partial charge in [-0.05, 0) is 30.7 Å². The number of nitrogens with one attached hydrogen (secondary N) is 1. The molecule has 6 heteroatoms. The standard InChI is InChI=1S/C15H15N5O/c1-2-21-11-6-4-10(5-7-11)12-13(19-20-14(12)16)15-17-8-3-9-18-15/h3-9H,2H2,1H3,(H3,16,19,20). The van der Waals surface area contributed by atoms with Crippen LogP contribution in [0.15, 0.2) is 42.7 Å². The molecule has 0 atom stereocenters. The van der Waals surface area contributed by atoms with Crippen LogP contribution in [0.4, 0.5) is 5.82 Å². The fourth-order valence-electron chi connectivity index (χ4n) is 2.12. The molecule has 3 rings (SSSR count). The molecule has 0 aliphatic heterocycles. The predicted molar refractivity (Wildman–Crippen MR) is 80.6 cm³/mol. The number of ether oxygens (including phenoxy) is 1. The zero-order chi connectivity index (χ0) is 14.7. The van der Waals surface area contributed by atoms with Crippen molar-refractivity contribution in [3.05, 3.63) is 42.7 Å². The Kier molecular flexibility index (Phi) is 3.51. The van der Waals surface area contributed by atoms with Gasteiger partial charge in [0.25, 0.3) is 0 Å². The second-order valence-corrected chi connectivity index (χ2v) is 4.39. The molecule has 3 N–H and O–H groups in total. The van der Waals surface area contributed by atoms with E-state index in [1.54, 1.807) is 18.5 Å². The van der Waals surface area contributed by atoms with Crippen molar-refractivity contribution < 1.29 is 4.74 Å². The summed E-state index contributed by atoms with van der Waals surface area (Å²) in [6, 6.07) is 9.46. The molecule has 1 aromatic carbocycles. The monoisotopic (exact) mass is 281 g/mol. The zero-order valence-corrected chi connectivity index (χ0v) is 11.6. The highest BCUT2D eigenvalue weighted by Gasteiger charge is 2.16. The Morgan fingerprint density at radius 2 is 1.86 bits per heavy atom. The molecule has 0 aliphatic rings. The van der Waals surface area contributed by atoms with Gasteiger partial charge in [0.2, 0.25) is 0 Å². The molecular formula is C15H15N5O. The number of nitrogen functional groups attached to an aromatic ring is 1. The summed E-state index contributed by atoms with van der Waals surface area (Å²) in [5.41, 5.74) is 8.42. The van der Waals surface area contributed by atoms with Gasteiger partial charge in [-0.1, -0.05) is 12.1 Å². The van der Waals surface area contributed by atoms with Crippen molar-refractivity contribution >= 4 is 5.82 Å². The summed E-state index contributed by atoms with van der Waals surface area (Å²) in [6.45, 7) is 2.59. The van der Waals surface area contributed by atoms with E-state index >= 15 is 0 Å². The predicted octanol–water partition coefficient (Wildman–Crippen LogP) is 2.51. The van der Waals surface area contributed by atoms with Gasteiger partial charge in [-0.25, -0.2) is 9.97 Å². The lowest BCUT2D eigenvalue weighted by Gasteiger charge is -2.06. The second kappa shape index (κ2) is 5.62. The van der Waals surface area contributed by atoms with Crippen molar-refractivity contribution in [2.45, 2.75) is 6.92 Å². The molecule has 0 unspecified atom stereocenters. The first-order valence-electron chi connectivity index (χ1n) is 6.64. The molecule has 0 spiro atoms. The van der Waals surface area contributed by atoms with E-state index in [9.17, 15) is 0 Å². The quantitative estimate of drug-likeness (QED) is 0.767. The third kappa shape index (κ3) is 2.55. The molecule has 21 heavy (non-hydrogen) atoms. The molecule has 0 aliphatic carbocycles. The molecule has 0 radical (unpaired) electrons. The molecule has 0 bridgehead atoms. The minimum atomic E-state index is 0.418. The van der Waals surface area contributed by atoms with Crippen molar-refractivity contribution in [3.63, 3.8) is 0 Å². The fourth-order valence-corrected chi connectivity index (χ4v) is 2.12. The van der Waals surface area contributed by atoms with Gasteiger partial charge in [0, 0.05) is 12.4 Å². The molecule has 2 heterocycles. The average molecular weight is 281 g/mol. The van der Waals surface area contributed by atoms with E-state index in [1.807, 2.05) is 31.2 Å². The Morgan fingerprint density at radius 1 is 1.14 bits per heavy atom. The molecule has 0 saturated heterocycles. The topological polar surface area (TPSA) is 89.7 Å². The first kappa shape index (κ1) is 13.1. The number of H-pyrrole nitrogens is 1. The number of hydrogen-bond donors (Lipinski definition) is 2. The van der Waals surface area contributed by atoms with Gasteiger partial charge in [0.15, 0.2) is 11.6 Å². The Morgan fingerprint density at radius 3 is 2.52 bits per heavy atom. The number of aromatic amines is 1. The molecule has 2 aromatic heterocycles. The van der Waals surface area contributed by atoms with E-state index in [-0.39, 0.29) is 0 Å². The van der Waals surface area contributed by atoms with Gasteiger partial charge in [-0.15, -0.1) is 0 Å². The van der Waals surface area contributed by atoms with Crippen LogP contribution in [0.5, 0.6) is 5.75 Å². The first-order chi connectivity index (χ1) is 10.3. The van der Waals surface area contributed by atoms with Crippen LogP contribution in [0.1, 0.15) is 6.92 Å². The number of nitrogens with two attached hydrogens (primary N) is 1. The number of aromatic nitrogens is 4. The maximum Gasteiger partial charge on any atom is 0.178 e. The van der Waals surface area contributed by atoms with E-state index in [0.29, 0.717) is 23.9 Å². The molecule has 0 amide bonds. The second-order valence-electron chi connectivity index (χ2n) is 4.39. The Hall–Kier alpha value is -2.89. The Balaban J connectivity index is 2.04. The third-order valence-corrected chi connectivity index (χ3v) is 3.04. The smallest absolute Gasteiger partial charge is 0.178 e. The van der Waals surface area contributed by atoms with Crippen LogP contribution in [-0.4, -0.2) is 26.8 Å². The number of benzene rings is 1. The van der Waals surface area contributed by atoms with Crippen LogP contribution in [0.3, 0.4) is 0 Å². The zero-order valence-electron chi connectivity index (χ0n) is 11.6. The highest BCUT2D eigenvalue weighted by molar-refractivity contribution is 5.85. The van der Waals surface area contributed by atoms with Gasteiger partial charge in [0.05, 0.1) is 12.2 Å². The Bertz CT molecular complexity index is 722. The van der Waals surface area contributed by atoms with E-state index in [0.717, 1.165) is 16.9 Å². The summed E-state index contributed by atoms with van der Waals surface area (Å²) in [5, 5.41) is 6.97. The summed E-state index contributed by atoms with van der Waals surface area (Å²) in [4.78, 5) is 8.47. The largest absolute Gasteiger partial charge is 0.494 e. The SMILES string of the molecule is CCOc1ccc(-c2c(N)n[nH]c2-c2ncccn2)cc1. The van der Waals surface area contributed by atoms with Crippen LogP contribution < -0.4 is 10.5 Å².